The molecule has 21 heavy (non-hydrogen) atoms. The summed E-state index contributed by atoms with van der Waals surface area (Å²) >= 11 is 0. The molecule has 3 rings (SSSR count). The summed E-state index contributed by atoms with van der Waals surface area (Å²) in [6.07, 6.45) is 3.41. The minimum Gasteiger partial charge on any atom is -0.376 e. The predicted molar refractivity (Wildman–Crippen MR) is 73.2 cm³/mol. The number of amides is 1. The monoisotopic (exact) mass is 290 g/mol. The summed E-state index contributed by atoms with van der Waals surface area (Å²) in [7, 11) is 0. The number of halogens is 1. The predicted octanol–water partition coefficient (Wildman–Crippen LogP) is 2.39. The molecule has 0 aliphatic carbocycles. The Balaban J connectivity index is 1.72. The highest BCUT2D eigenvalue weighted by molar-refractivity contribution is 5.99. The first-order chi connectivity index (χ1) is 10.2. The number of aromatic nitrogens is 1. The molecule has 1 amide bonds. The van der Waals surface area contributed by atoms with Gasteiger partial charge in [-0.25, -0.2) is 4.39 Å². The molecule has 2 heterocycles. The minimum absolute atomic E-state index is 0.0723. The second-order valence-corrected chi connectivity index (χ2v) is 4.92. The van der Waals surface area contributed by atoms with E-state index in [0.717, 1.165) is 19.4 Å². The molecule has 5 nitrogen and oxygen atoms in total. The normalized spacial score (nSPS) is 17.9. The van der Waals surface area contributed by atoms with Crippen LogP contribution in [0.25, 0.3) is 11.3 Å². The average molecular weight is 290 g/mol. The number of benzene rings is 1. The van der Waals surface area contributed by atoms with Crippen molar-refractivity contribution in [3.05, 3.63) is 41.8 Å². The molecule has 6 heteroatoms. The van der Waals surface area contributed by atoms with Gasteiger partial charge in [0, 0.05) is 18.7 Å². The van der Waals surface area contributed by atoms with E-state index in [1.807, 2.05) is 0 Å². The number of rotatable bonds is 4. The Kier molecular flexibility index (Phi) is 3.96. The van der Waals surface area contributed by atoms with Gasteiger partial charge in [-0.3, -0.25) is 4.79 Å². The van der Waals surface area contributed by atoms with E-state index in [4.69, 9.17) is 9.26 Å². The van der Waals surface area contributed by atoms with Gasteiger partial charge in [0.25, 0.3) is 5.91 Å². The van der Waals surface area contributed by atoms with Crippen molar-refractivity contribution in [3.8, 4) is 11.3 Å². The van der Waals surface area contributed by atoms with Gasteiger partial charge in [0.1, 0.15) is 11.4 Å². The van der Waals surface area contributed by atoms with Crippen molar-refractivity contribution in [2.45, 2.75) is 18.9 Å². The van der Waals surface area contributed by atoms with E-state index < -0.39 is 0 Å². The van der Waals surface area contributed by atoms with E-state index in [0.29, 0.717) is 23.4 Å². The summed E-state index contributed by atoms with van der Waals surface area (Å²) in [5, 5.41) is 6.47. The van der Waals surface area contributed by atoms with Crippen LogP contribution in [0.4, 0.5) is 4.39 Å². The quantitative estimate of drug-likeness (QED) is 0.939. The van der Waals surface area contributed by atoms with Crippen LogP contribution in [0.2, 0.25) is 0 Å². The first kappa shape index (κ1) is 13.8. The van der Waals surface area contributed by atoms with Gasteiger partial charge in [-0.05, 0) is 37.1 Å². The van der Waals surface area contributed by atoms with Crippen LogP contribution in [0.3, 0.4) is 0 Å². The number of hydrogen-bond donors (Lipinski definition) is 1. The Morgan fingerprint density at radius 2 is 2.19 bits per heavy atom. The third-order valence-electron chi connectivity index (χ3n) is 3.44. The maximum absolute atomic E-state index is 12.9. The van der Waals surface area contributed by atoms with Crippen molar-refractivity contribution in [1.29, 1.82) is 0 Å². The van der Waals surface area contributed by atoms with Gasteiger partial charge in [0.2, 0.25) is 0 Å². The lowest BCUT2D eigenvalue weighted by molar-refractivity contribution is 0.0858. The smallest absolute Gasteiger partial charge is 0.256 e. The van der Waals surface area contributed by atoms with E-state index >= 15 is 0 Å². The largest absolute Gasteiger partial charge is 0.376 e. The van der Waals surface area contributed by atoms with E-state index in [1.54, 1.807) is 12.1 Å². The van der Waals surface area contributed by atoms with Gasteiger partial charge in [-0.15, -0.1) is 0 Å². The highest BCUT2D eigenvalue weighted by atomic mass is 19.1. The number of ether oxygens (including phenoxy) is 1. The van der Waals surface area contributed by atoms with Crippen LogP contribution < -0.4 is 5.32 Å². The maximum Gasteiger partial charge on any atom is 0.256 e. The molecule has 0 saturated carbocycles. The van der Waals surface area contributed by atoms with Crippen LogP contribution in [-0.4, -0.2) is 30.3 Å². The molecule has 0 spiro atoms. The first-order valence-electron chi connectivity index (χ1n) is 6.84. The minimum atomic E-state index is -0.345. The number of carbonyl (C=O) groups excluding carboxylic acids is 1. The fraction of sp³-hybridized carbons (Fsp3) is 0.333. The highest BCUT2D eigenvalue weighted by Gasteiger charge is 2.20. The Labute approximate surface area is 121 Å². The molecule has 1 aliphatic heterocycles. The van der Waals surface area contributed by atoms with Crippen molar-refractivity contribution in [1.82, 2.24) is 10.5 Å². The molecule has 110 valence electrons. The van der Waals surface area contributed by atoms with Crippen molar-refractivity contribution in [3.63, 3.8) is 0 Å². The van der Waals surface area contributed by atoms with Gasteiger partial charge in [-0.2, -0.15) is 0 Å². The summed E-state index contributed by atoms with van der Waals surface area (Å²) in [4.78, 5) is 12.2. The van der Waals surface area contributed by atoms with E-state index in [1.165, 1.54) is 18.3 Å². The van der Waals surface area contributed by atoms with Crippen LogP contribution in [0.5, 0.6) is 0 Å². The molecule has 1 aromatic carbocycles. The lowest BCUT2D eigenvalue weighted by Crippen LogP contribution is -2.31. The summed E-state index contributed by atoms with van der Waals surface area (Å²) in [5.41, 5.74) is 0.941. The lowest BCUT2D eigenvalue weighted by atomic mass is 10.1. The van der Waals surface area contributed by atoms with Crippen molar-refractivity contribution in [2.24, 2.45) is 0 Å². The summed E-state index contributed by atoms with van der Waals surface area (Å²) in [5.74, 6) is -0.284. The second kappa shape index (κ2) is 6.05. The third-order valence-corrected chi connectivity index (χ3v) is 3.44. The summed E-state index contributed by atoms with van der Waals surface area (Å²) in [6.45, 7) is 1.21. The molecule has 1 atom stereocenters. The molecule has 1 aliphatic rings. The molecule has 0 radical (unpaired) electrons. The summed E-state index contributed by atoms with van der Waals surface area (Å²) < 4.78 is 23.5. The Morgan fingerprint density at radius 1 is 1.38 bits per heavy atom. The Morgan fingerprint density at radius 3 is 2.90 bits per heavy atom. The van der Waals surface area contributed by atoms with Crippen molar-refractivity contribution in [2.75, 3.05) is 13.2 Å². The Hall–Kier alpha value is -2.21. The molecule has 1 aromatic heterocycles. The Bertz CT molecular complexity index is 618. The topological polar surface area (TPSA) is 64.4 Å². The molecule has 1 fully saturated rings. The zero-order valence-electron chi connectivity index (χ0n) is 11.3. The highest BCUT2D eigenvalue weighted by Crippen LogP contribution is 2.23. The van der Waals surface area contributed by atoms with Crippen molar-refractivity contribution < 1.29 is 18.4 Å². The van der Waals surface area contributed by atoms with E-state index in [9.17, 15) is 9.18 Å². The number of nitrogens with zero attached hydrogens (tertiary/aromatic N) is 1. The van der Waals surface area contributed by atoms with Gasteiger partial charge in [0.15, 0.2) is 5.76 Å². The van der Waals surface area contributed by atoms with E-state index in [-0.39, 0.29) is 17.8 Å². The standard InChI is InChI=1S/C15H15FN2O3/c16-11-5-3-10(4-6-11)14-13(9-18-21-14)15(19)17-8-12-2-1-7-20-12/h3-6,9,12H,1-2,7-8H2,(H,17,19). The van der Waals surface area contributed by atoms with Crippen LogP contribution >= 0.6 is 0 Å². The van der Waals surface area contributed by atoms with Crippen LogP contribution in [-0.2, 0) is 4.74 Å². The number of carbonyl (C=O) groups is 1. The van der Waals surface area contributed by atoms with Gasteiger partial charge >= 0.3 is 0 Å². The van der Waals surface area contributed by atoms with Crippen LogP contribution in [0.15, 0.2) is 35.0 Å². The molecule has 2 aromatic rings. The van der Waals surface area contributed by atoms with Crippen LogP contribution in [0, 0.1) is 5.82 Å². The molecule has 1 N–H and O–H groups in total. The number of nitrogens with one attached hydrogen (secondary N) is 1. The van der Waals surface area contributed by atoms with Crippen LogP contribution in [0.1, 0.15) is 23.2 Å². The fourth-order valence-corrected chi connectivity index (χ4v) is 2.32. The SMILES string of the molecule is O=C(NCC1CCCO1)c1cnoc1-c1ccc(F)cc1. The zero-order valence-corrected chi connectivity index (χ0v) is 11.3. The van der Waals surface area contributed by atoms with E-state index in [2.05, 4.69) is 10.5 Å². The molecule has 1 unspecified atom stereocenters. The van der Waals surface area contributed by atoms with Gasteiger partial charge < -0.3 is 14.6 Å². The maximum atomic E-state index is 12.9. The molecule has 1 saturated heterocycles. The van der Waals surface area contributed by atoms with Gasteiger partial charge in [-0.1, -0.05) is 5.16 Å². The van der Waals surface area contributed by atoms with Gasteiger partial charge in [0.05, 0.1) is 12.3 Å². The molecular weight excluding hydrogens is 275 g/mol. The summed E-state index contributed by atoms with van der Waals surface area (Å²) in [6, 6.07) is 5.72. The first-order valence-corrected chi connectivity index (χ1v) is 6.84. The van der Waals surface area contributed by atoms with Crippen molar-refractivity contribution >= 4 is 5.91 Å². The third kappa shape index (κ3) is 3.11. The second-order valence-electron chi connectivity index (χ2n) is 4.92. The fourth-order valence-electron chi connectivity index (χ4n) is 2.32. The average Bonchev–Trinajstić information content (AvgIpc) is 3.17. The molecule has 0 bridgehead atoms. The molecular formula is C15H15FN2O3. The zero-order chi connectivity index (χ0) is 14.7. The number of hydrogen-bond acceptors (Lipinski definition) is 4. The lowest BCUT2D eigenvalue weighted by Gasteiger charge is -2.10.